The summed E-state index contributed by atoms with van der Waals surface area (Å²) in [6.07, 6.45) is 13.3. The molecule has 0 amide bonds. The SMILES string of the molecule is C#CCCCC1(O)CCCC(C)(C)CC1. The van der Waals surface area contributed by atoms with E-state index >= 15 is 0 Å². The topological polar surface area (TPSA) is 20.2 Å². The smallest absolute Gasteiger partial charge is 0.0648 e. The first kappa shape index (κ1) is 12.6. The molecule has 0 bridgehead atoms. The lowest BCUT2D eigenvalue weighted by atomic mass is 9.83. The third-order valence-corrected chi connectivity index (χ3v) is 3.73. The van der Waals surface area contributed by atoms with Crippen LogP contribution in [0.2, 0.25) is 0 Å². The molecule has 1 nitrogen and oxygen atoms in total. The fourth-order valence-electron chi connectivity index (χ4n) is 2.49. The predicted octanol–water partition coefficient (Wildman–Crippen LogP) is 3.51. The van der Waals surface area contributed by atoms with E-state index in [2.05, 4.69) is 19.8 Å². The lowest BCUT2D eigenvalue weighted by Gasteiger charge is -2.27. The molecule has 1 aliphatic rings. The van der Waals surface area contributed by atoms with Gasteiger partial charge < -0.3 is 5.11 Å². The normalized spacial score (nSPS) is 30.5. The van der Waals surface area contributed by atoms with Crippen molar-refractivity contribution in [3.8, 4) is 12.3 Å². The van der Waals surface area contributed by atoms with Crippen molar-refractivity contribution in [1.82, 2.24) is 0 Å². The van der Waals surface area contributed by atoms with E-state index in [-0.39, 0.29) is 0 Å². The molecule has 1 saturated carbocycles. The second-order valence-electron chi connectivity index (χ2n) is 5.80. The van der Waals surface area contributed by atoms with Crippen LogP contribution in [-0.4, -0.2) is 10.7 Å². The number of rotatable bonds is 3. The Balaban J connectivity index is 2.44. The van der Waals surface area contributed by atoms with Gasteiger partial charge in [0.25, 0.3) is 0 Å². The third kappa shape index (κ3) is 4.26. The van der Waals surface area contributed by atoms with E-state index in [9.17, 15) is 5.11 Å². The van der Waals surface area contributed by atoms with Gasteiger partial charge in [0, 0.05) is 6.42 Å². The zero-order chi connectivity index (χ0) is 11.4. The second kappa shape index (κ2) is 5.03. The Bertz CT molecular complexity index is 236. The highest BCUT2D eigenvalue weighted by Crippen LogP contribution is 2.39. The summed E-state index contributed by atoms with van der Waals surface area (Å²) in [5.74, 6) is 2.65. The van der Waals surface area contributed by atoms with Gasteiger partial charge in [-0.25, -0.2) is 0 Å². The third-order valence-electron chi connectivity index (χ3n) is 3.73. The van der Waals surface area contributed by atoms with E-state index in [1.807, 2.05) is 0 Å². The van der Waals surface area contributed by atoms with E-state index in [4.69, 9.17) is 6.42 Å². The van der Waals surface area contributed by atoms with Crippen LogP contribution in [0.15, 0.2) is 0 Å². The molecule has 1 fully saturated rings. The first-order chi connectivity index (χ1) is 6.97. The maximum Gasteiger partial charge on any atom is 0.0648 e. The molecule has 86 valence electrons. The van der Waals surface area contributed by atoms with Crippen LogP contribution in [0.4, 0.5) is 0 Å². The highest BCUT2D eigenvalue weighted by Gasteiger charge is 2.32. The molecule has 1 aliphatic carbocycles. The fourth-order valence-corrected chi connectivity index (χ4v) is 2.49. The molecule has 1 heteroatoms. The maximum absolute atomic E-state index is 10.4. The summed E-state index contributed by atoms with van der Waals surface area (Å²) >= 11 is 0. The molecule has 15 heavy (non-hydrogen) atoms. The average molecular weight is 208 g/mol. The Labute approximate surface area is 94.3 Å². The molecule has 0 aromatic heterocycles. The van der Waals surface area contributed by atoms with Gasteiger partial charge in [0.05, 0.1) is 5.60 Å². The summed E-state index contributed by atoms with van der Waals surface area (Å²) in [4.78, 5) is 0. The van der Waals surface area contributed by atoms with Crippen molar-refractivity contribution in [2.75, 3.05) is 0 Å². The number of terminal acetylenes is 1. The van der Waals surface area contributed by atoms with Crippen molar-refractivity contribution >= 4 is 0 Å². The van der Waals surface area contributed by atoms with E-state index in [0.29, 0.717) is 5.41 Å². The molecular formula is C14H24O. The van der Waals surface area contributed by atoms with Crippen molar-refractivity contribution < 1.29 is 5.11 Å². The van der Waals surface area contributed by atoms with Gasteiger partial charge in [0.1, 0.15) is 0 Å². The molecule has 0 aromatic rings. The van der Waals surface area contributed by atoms with Crippen LogP contribution in [-0.2, 0) is 0 Å². The van der Waals surface area contributed by atoms with E-state index in [1.54, 1.807) is 0 Å². The lowest BCUT2D eigenvalue weighted by Crippen LogP contribution is -2.28. The lowest BCUT2D eigenvalue weighted by molar-refractivity contribution is 0.0125. The van der Waals surface area contributed by atoms with Crippen molar-refractivity contribution in [3.05, 3.63) is 0 Å². The molecule has 1 rings (SSSR count). The molecule has 0 aromatic carbocycles. The van der Waals surface area contributed by atoms with E-state index in [0.717, 1.165) is 44.9 Å². The van der Waals surface area contributed by atoms with Gasteiger partial charge in [-0.3, -0.25) is 0 Å². The Morgan fingerprint density at radius 3 is 2.60 bits per heavy atom. The monoisotopic (exact) mass is 208 g/mol. The highest BCUT2D eigenvalue weighted by molar-refractivity contribution is 4.89. The summed E-state index contributed by atoms with van der Waals surface area (Å²) in [5, 5.41) is 10.4. The maximum atomic E-state index is 10.4. The molecular weight excluding hydrogens is 184 g/mol. The molecule has 0 radical (unpaired) electrons. The van der Waals surface area contributed by atoms with Crippen LogP contribution >= 0.6 is 0 Å². The predicted molar refractivity (Wildman–Crippen MR) is 64.5 cm³/mol. The molecule has 0 saturated heterocycles. The quantitative estimate of drug-likeness (QED) is 0.427. The average Bonchev–Trinajstić information content (AvgIpc) is 2.27. The van der Waals surface area contributed by atoms with Gasteiger partial charge >= 0.3 is 0 Å². The Morgan fingerprint density at radius 1 is 1.20 bits per heavy atom. The van der Waals surface area contributed by atoms with Gasteiger partial charge in [-0.05, 0) is 43.9 Å². The van der Waals surface area contributed by atoms with E-state index < -0.39 is 5.60 Å². The molecule has 1 unspecified atom stereocenters. The van der Waals surface area contributed by atoms with Crippen LogP contribution in [0.3, 0.4) is 0 Å². The Kier molecular flexibility index (Phi) is 4.22. The minimum atomic E-state index is -0.426. The largest absolute Gasteiger partial charge is 0.390 e. The van der Waals surface area contributed by atoms with Gasteiger partial charge in [-0.1, -0.05) is 20.3 Å². The Hall–Kier alpha value is -0.480. The first-order valence-electron chi connectivity index (χ1n) is 6.13. The van der Waals surface area contributed by atoms with Crippen LogP contribution in [0, 0.1) is 17.8 Å². The minimum Gasteiger partial charge on any atom is -0.390 e. The standard InChI is InChI=1S/C14H24O/c1-4-5-6-9-14(15)10-7-8-13(2,3)11-12-14/h1,15H,5-12H2,2-3H3. The van der Waals surface area contributed by atoms with E-state index in [1.165, 1.54) is 6.42 Å². The molecule has 0 aliphatic heterocycles. The van der Waals surface area contributed by atoms with Crippen molar-refractivity contribution in [2.24, 2.45) is 5.41 Å². The first-order valence-corrected chi connectivity index (χ1v) is 6.13. The van der Waals surface area contributed by atoms with Crippen LogP contribution in [0.1, 0.15) is 65.2 Å². The van der Waals surface area contributed by atoms with Gasteiger partial charge in [0.2, 0.25) is 0 Å². The number of aliphatic hydroxyl groups is 1. The number of hydrogen-bond donors (Lipinski definition) is 1. The van der Waals surface area contributed by atoms with Gasteiger partial charge in [0.15, 0.2) is 0 Å². The zero-order valence-electron chi connectivity index (χ0n) is 10.2. The Morgan fingerprint density at radius 2 is 1.93 bits per heavy atom. The number of unbranched alkanes of at least 4 members (excludes halogenated alkanes) is 1. The summed E-state index contributed by atoms with van der Waals surface area (Å²) < 4.78 is 0. The second-order valence-corrected chi connectivity index (χ2v) is 5.80. The molecule has 1 N–H and O–H groups in total. The van der Waals surface area contributed by atoms with Gasteiger partial charge in [-0.2, -0.15) is 0 Å². The molecule has 0 spiro atoms. The number of hydrogen-bond acceptors (Lipinski definition) is 1. The summed E-state index contributed by atoms with van der Waals surface area (Å²) in [6, 6.07) is 0. The zero-order valence-corrected chi connectivity index (χ0v) is 10.2. The van der Waals surface area contributed by atoms with Crippen LogP contribution in [0.5, 0.6) is 0 Å². The van der Waals surface area contributed by atoms with Crippen LogP contribution < -0.4 is 0 Å². The fraction of sp³-hybridized carbons (Fsp3) is 0.857. The van der Waals surface area contributed by atoms with Crippen molar-refractivity contribution in [2.45, 2.75) is 70.8 Å². The summed E-state index contributed by atoms with van der Waals surface area (Å²) in [7, 11) is 0. The van der Waals surface area contributed by atoms with Crippen molar-refractivity contribution in [3.63, 3.8) is 0 Å². The summed E-state index contributed by atoms with van der Waals surface area (Å²) in [5.41, 5.74) is -0.0127. The minimum absolute atomic E-state index is 0.413. The molecule has 1 atom stereocenters. The molecule has 0 heterocycles. The van der Waals surface area contributed by atoms with Crippen molar-refractivity contribution in [1.29, 1.82) is 0 Å². The van der Waals surface area contributed by atoms with Crippen LogP contribution in [0.25, 0.3) is 0 Å². The van der Waals surface area contributed by atoms with Gasteiger partial charge in [-0.15, -0.1) is 12.3 Å². The highest BCUT2D eigenvalue weighted by atomic mass is 16.3. The summed E-state index contributed by atoms with van der Waals surface area (Å²) in [6.45, 7) is 4.61.